The third-order valence-corrected chi connectivity index (χ3v) is 3.78. The van der Waals surface area contributed by atoms with Crippen molar-refractivity contribution in [2.45, 2.75) is 38.2 Å². The molecule has 2 bridgehead atoms. The lowest BCUT2D eigenvalue weighted by atomic mass is 9.72. The molecular formula is C12H21NO3. The van der Waals surface area contributed by atoms with Crippen LogP contribution >= 0.6 is 0 Å². The van der Waals surface area contributed by atoms with Gasteiger partial charge in [-0.2, -0.15) is 0 Å². The first kappa shape index (κ1) is 11.9. The Balaban J connectivity index is 1.67. The predicted octanol–water partition coefficient (Wildman–Crippen LogP) is 1.10. The summed E-state index contributed by atoms with van der Waals surface area (Å²) in [5.41, 5.74) is 0.247. The second-order valence-corrected chi connectivity index (χ2v) is 4.99. The van der Waals surface area contributed by atoms with Gasteiger partial charge in [-0.25, -0.2) is 0 Å². The molecule has 3 rings (SSSR count). The van der Waals surface area contributed by atoms with Crippen LogP contribution in [-0.4, -0.2) is 38.9 Å². The smallest absolute Gasteiger partial charge is 0.222 e. The average molecular weight is 227 g/mol. The van der Waals surface area contributed by atoms with Crippen LogP contribution in [0.3, 0.4) is 0 Å². The normalized spacial score (nSPS) is 32.7. The van der Waals surface area contributed by atoms with Crippen LogP contribution in [0.15, 0.2) is 0 Å². The van der Waals surface area contributed by atoms with E-state index >= 15 is 0 Å². The molecule has 3 fully saturated rings. The number of hydrogen-bond acceptors (Lipinski definition) is 3. The second kappa shape index (κ2) is 5.15. The molecule has 0 aromatic carbocycles. The van der Waals surface area contributed by atoms with Crippen molar-refractivity contribution >= 4 is 5.91 Å². The molecule has 1 saturated carbocycles. The summed E-state index contributed by atoms with van der Waals surface area (Å²) in [5, 5.41) is 2.59. The Morgan fingerprint density at radius 3 is 2.81 bits per heavy atom. The van der Waals surface area contributed by atoms with Gasteiger partial charge >= 0.3 is 0 Å². The van der Waals surface area contributed by atoms with Crippen molar-refractivity contribution in [1.82, 2.24) is 5.32 Å². The first-order valence-electron chi connectivity index (χ1n) is 6.14. The maximum atomic E-state index is 11.0. The Morgan fingerprint density at radius 1 is 1.50 bits per heavy atom. The van der Waals surface area contributed by atoms with Gasteiger partial charge in [0.05, 0.1) is 25.9 Å². The van der Waals surface area contributed by atoms with Crippen LogP contribution < -0.4 is 5.32 Å². The van der Waals surface area contributed by atoms with Crippen LogP contribution in [0.25, 0.3) is 0 Å². The average Bonchev–Trinajstić information content (AvgIpc) is 2.36. The van der Waals surface area contributed by atoms with Crippen molar-refractivity contribution in [2.24, 2.45) is 5.41 Å². The van der Waals surface area contributed by atoms with E-state index in [1.165, 1.54) is 25.7 Å². The minimum Gasteiger partial charge on any atom is -0.380 e. The molecule has 0 atom stereocenters. The molecule has 0 spiro atoms. The third kappa shape index (κ3) is 2.74. The fourth-order valence-electron chi connectivity index (χ4n) is 2.57. The molecule has 3 aliphatic rings. The molecule has 2 aliphatic heterocycles. The molecule has 92 valence electrons. The van der Waals surface area contributed by atoms with Gasteiger partial charge in [-0.15, -0.1) is 0 Å². The summed E-state index contributed by atoms with van der Waals surface area (Å²) in [6.45, 7) is 2.11. The highest BCUT2D eigenvalue weighted by Crippen LogP contribution is 2.43. The fraction of sp³-hybridized carbons (Fsp3) is 0.917. The lowest BCUT2D eigenvalue weighted by Crippen LogP contribution is -2.45. The van der Waals surface area contributed by atoms with E-state index in [4.69, 9.17) is 9.47 Å². The highest BCUT2D eigenvalue weighted by molar-refractivity contribution is 5.75. The molecule has 1 amide bonds. The van der Waals surface area contributed by atoms with Crippen LogP contribution in [0, 0.1) is 5.41 Å². The number of ether oxygens (including phenoxy) is 2. The van der Waals surface area contributed by atoms with Gasteiger partial charge in [0.1, 0.15) is 0 Å². The minimum atomic E-state index is 0.0427. The zero-order valence-corrected chi connectivity index (χ0v) is 9.96. The number of fused-ring (bicyclic) bond motifs is 3. The van der Waals surface area contributed by atoms with E-state index < -0.39 is 0 Å². The van der Waals surface area contributed by atoms with Gasteiger partial charge < -0.3 is 14.8 Å². The zero-order chi connectivity index (χ0) is 11.4. The molecule has 2 saturated heterocycles. The Bertz CT molecular complexity index is 233. The Labute approximate surface area is 96.7 Å². The summed E-state index contributed by atoms with van der Waals surface area (Å²) in [6, 6.07) is 0. The molecule has 1 N–H and O–H groups in total. The Morgan fingerprint density at radius 2 is 2.25 bits per heavy atom. The van der Waals surface area contributed by atoms with Gasteiger partial charge in [0.15, 0.2) is 0 Å². The first-order chi connectivity index (χ1) is 7.74. The Hall–Kier alpha value is -0.610. The number of carbonyl (C=O) groups is 1. The summed E-state index contributed by atoms with van der Waals surface area (Å²) in [7, 11) is 1.65. The number of carbonyl (C=O) groups excluding carboxylic acids is 1. The molecule has 1 aliphatic carbocycles. The quantitative estimate of drug-likeness (QED) is 0.715. The van der Waals surface area contributed by atoms with Crippen LogP contribution in [0.1, 0.15) is 32.1 Å². The molecule has 0 aromatic rings. The lowest BCUT2D eigenvalue weighted by molar-refractivity contribution is -0.142. The van der Waals surface area contributed by atoms with Gasteiger partial charge in [0.25, 0.3) is 0 Å². The predicted molar refractivity (Wildman–Crippen MR) is 60.1 cm³/mol. The molecule has 0 aromatic heterocycles. The van der Waals surface area contributed by atoms with Crippen molar-refractivity contribution in [2.75, 3.05) is 26.9 Å². The van der Waals surface area contributed by atoms with Crippen molar-refractivity contribution in [3.63, 3.8) is 0 Å². The highest BCUT2D eigenvalue weighted by atomic mass is 16.5. The highest BCUT2D eigenvalue weighted by Gasteiger charge is 2.41. The molecule has 4 nitrogen and oxygen atoms in total. The largest absolute Gasteiger partial charge is 0.380 e. The van der Waals surface area contributed by atoms with E-state index in [9.17, 15) is 4.79 Å². The Kier molecular flexibility index (Phi) is 3.82. The summed E-state index contributed by atoms with van der Waals surface area (Å²) in [4.78, 5) is 11.0. The van der Waals surface area contributed by atoms with Crippen molar-refractivity contribution in [3.8, 4) is 0 Å². The van der Waals surface area contributed by atoms with Crippen molar-refractivity contribution < 1.29 is 14.3 Å². The standard InChI is InChI=1S/C12H21NO3/c1-13-11(14)4-7-15-8-12-5-2-10(3-6-12)16-9-12/h10H,2-9H2,1H3,(H,13,14). The first-order valence-corrected chi connectivity index (χ1v) is 6.14. The fourth-order valence-corrected chi connectivity index (χ4v) is 2.57. The van der Waals surface area contributed by atoms with Gasteiger partial charge in [0.2, 0.25) is 5.91 Å². The summed E-state index contributed by atoms with van der Waals surface area (Å²) in [5.74, 6) is 0.0427. The molecule has 0 unspecified atom stereocenters. The maximum Gasteiger partial charge on any atom is 0.222 e. The van der Waals surface area contributed by atoms with Crippen LogP contribution in [0.4, 0.5) is 0 Å². The number of nitrogens with one attached hydrogen (secondary N) is 1. The van der Waals surface area contributed by atoms with Gasteiger partial charge in [-0.3, -0.25) is 4.79 Å². The van der Waals surface area contributed by atoms with Gasteiger partial charge in [0, 0.05) is 18.9 Å². The molecule has 4 heteroatoms. The van der Waals surface area contributed by atoms with Crippen molar-refractivity contribution in [1.29, 1.82) is 0 Å². The third-order valence-electron chi connectivity index (χ3n) is 3.78. The minimum absolute atomic E-state index is 0.0427. The van der Waals surface area contributed by atoms with Gasteiger partial charge in [-0.1, -0.05) is 0 Å². The lowest BCUT2D eigenvalue weighted by Gasteiger charge is -2.46. The zero-order valence-electron chi connectivity index (χ0n) is 9.96. The monoisotopic (exact) mass is 227 g/mol. The number of amides is 1. The summed E-state index contributed by atoms with van der Waals surface area (Å²) < 4.78 is 11.3. The van der Waals surface area contributed by atoms with Gasteiger partial charge in [-0.05, 0) is 25.7 Å². The summed E-state index contributed by atoms with van der Waals surface area (Å²) in [6.07, 6.45) is 5.76. The van der Waals surface area contributed by atoms with E-state index in [1.807, 2.05) is 0 Å². The SMILES string of the molecule is CNC(=O)CCOCC12CCC(CC1)OC2. The number of rotatable bonds is 5. The summed E-state index contributed by atoms with van der Waals surface area (Å²) >= 11 is 0. The molecule has 0 radical (unpaired) electrons. The van der Waals surface area contributed by atoms with E-state index in [1.54, 1.807) is 7.05 Å². The molecule has 2 heterocycles. The van der Waals surface area contributed by atoms with Crippen LogP contribution in [0.5, 0.6) is 0 Å². The van der Waals surface area contributed by atoms with E-state index in [0.29, 0.717) is 19.1 Å². The number of hydrogen-bond donors (Lipinski definition) is 1. The van der Waals surface area contributed by atoms with E-state index in [2.05, 4.69) is 5.32 Å². The topological polar surface area (TPSA) is 47.6 Å². The van der Waals surface area contributed by atoms with E-state index in [0.717, 1.165) is 13.2 Å². The maximum absolute atomic E-state index is 11.0. The van der Waals surface area contributed by atoms with Crippen LogP contribution in [-0.2, 0) is 14.3 Å². The molecular weight excluding hydrogens is 206 g/mol. The van der Waals surface area contributed by atoms with Crippen molar-refractivity contribution in [3.05, 3.63) is 0 Å². The second-order valence-electron chi connectivity index (χ2n) is 4.99. The van der Waals surface area contributed by atoms with E-state index in [-0.39, 0.29) is 11.3 Å². The van der Waals surface area contributed by atoms with Crippen LogP contribution in [0.2, 0.25) is 0 Å². The molecule has 16 heavy (non-hydrogen) atoms.